The zero-order valence-electron chi connectivity index (χ0n) is 10.8. The van der Waals surface area contributed by atoms with Crippen molar-refractivity contribution in [1.82, 2.24) is 4.90 Å². The Labute approximate surface area is 117 Å². The minimum absolute atomic E-state index is 0.0702. The van der Waals surface area contributed by atoms with E-state index in [1.54, 1.807) is 7.11 Å². The number of carbonyl (C=O) groups is 1. The summed E-state index contributed by atoms with van der Waals surface area (Å²) in [4.78, 5) is 13.7. The molecule has 0 aliphatic carbocycles. The largest absolute Gasteiger partial charge is 0.493 e. The number of para-hydroxylation sites is 1. The number of likely N-dealkylation sites (tertiary alicyclic amines) is 1. The molecule has 3 rings (SSSR count). The zero-order valence-corrected chi connectivity index (χ0v) is 11.5. The molecule has 0 radical (unpaired) electrons. The molecule has 5 heteroatoms. The van der Waals surface area contributed by atoms with E-state index in [1.165, 1.54) is 0 Å². The van der Waals surface area contributed by atoms with Crippen LogP contribution in [0.25, 0.3) is 0 Å². The Morgan fingerprint density at radius 1 is 1.42 bits per heavy atom. The van der Waals surface area contributed by atoms with E-state index in [4.69, 9.17) is 21.1 Å². The molecule has 1 aromatic carbocycles. The Bertz CT molecular complexity index is 505. The van der Waals surface area contributed by atoms with E-state index in [0.717, 1.165) is 23.5 Å². The van der Waals surface area contributed by atoms with Crippen LogP contribution in [0.1, 0.15) is 12.0 Å². The molecular formula is C14H16ClNO3. The first-order valence-electron chi connectivity index (χ1n) is 6.41. The van der Waals surface area contributed by atoms with Gasteiger partial charge >= 0.3 is 0 Å². The summed E-state index contributed by atoms with van der Waals surface area (Å²) >= 11 is 6.05. The van der Waals surface area contributed by atoms with Gasteiger partial charge in [0, 0.05) is 18.5 Å². The molecule has 1 fully saturated rings. The van der Waals surface area contributed by atoms with Crippen LogP contribution in [0.5, 0.6) is 11.5 Å². The number of halogens is 1. The summed E-state index contributed by atoms with van der Waals surface area (Å²) in [6, 6.07) is 5.92. The van der Waals surface area contributed by atoms with Gasteiger partial charge in [-0.05, 0) is 12.5 Å². The van der Waals surface area contributed by atoms with Gasteiger partial charge in [0.15, 0.2) is 11.5 Å². The number of methoxy groups -OCH3 is 1. The minimum atomic E-state index is -0.0702. The van der Waals surface area contributed by atoms with E-state index in [0.29, 0.717) is 19.6 Å². The maximum atomic E-state index is 11.9. The lowest BCUT2D eigenvalue weighted by atomic mass is 10.0. The van der Waals surface area contributed by atoms with Crippen molar-refractivity contribution in [3.8, 4) is 11.5 Å². The van der Waals surface area contributed by atoms with Crippen molar-refractivity contribution >= 4 is 17.5 Å². The lowest BCUT2D eigenvalue weighted by Crippen LogP contribution is -2.44. The van der Waals surface area contributed by atoms with Crippen LogP contribution < -0.4 is 9.47 Å². The maximum Gasteiger partial charge on any atom is 0.224 e. The third-order valence-electron chi connectivity index (χ3n) is 3.71. The number of benzene rings is 1. The topological polar surface area (TPSA) is 38.8 Å². The van der Waals surface area contributed by atoms with Crippen molar-refractivity contribution in [2.45, 2.75) is 24.3 Å². The van der Waals surface area contributed by atoms with Gasteiger partial charge in [0.05, 0.1) is 18.5 Å². The van der Waals surface area contributed by atoms with Crippen LogP contribution in [0.2, 0.25) is 0 Å². The van der Waals surface area contributed by atoms with Crippen LogP contribution >= 0.6 is 11.6 Å². The summed E-state index contributed by atoms with van der Waals surface area (Å²) in [5.41, 5.74) is 1.08. The SMILES string of the molecule is COc1cccc2c1OCC(N1CC(Cl)CC1=O)C2. The predicted octanol–water partition coefficient (Wildman–Crippen LogP) is 1.84. The van der Waals surface area contributed by atoms with Crippen LogP contribution in [-0.2, 0) is 11.2 Å². The summed E-state index contributed by atoms with van der Waals surface area (Å²) in [6.45, 7) is 1.12. The van der Waals surface area contributed by atoms with Gasteiger partial charge in [-0.25, -0.2) is 0 Å². The Balaban J connectivity index is 1.81. The van der Waals surface area contributed by atoms with E-state index in [9.17, 15) is 4.79 Å². The molecular weight excluding hydrogens is 266 g/mol. The van der Waals surface area contributed by atoms with Crippen molar-refractivity contribution in [3.05, 3.63) is 23.8 Å². The Kier molecular flexibility index (Phi) is 3.27. The van der Waals surface area contributed by atoms with E-state index >= 15 is 0 Å². The molecule has 102 valence electrons. The van der Waals surface area contributed by atoms with Crippen LogP contribution in [0.4, 0.5) is 0 Å². The Hall–Kier alpha value is -1.42. The highest BCUT2D eigenvalue weighted by molar-refractivity contribution is 6.22. The molecule has 2 atom stereocenters. The highest BCUT2D eigenvalue weighted by atomic mass is 35.5. The first kappa shape index (κ1) is 12.6. The van der Waals surface area contributed by atoms with E-state index in [1.807, 2.05) is 23.1 Å². The molecule has 1 aromatic rings. The molecule has 2 aliphatic rings. The van der Waals surface area contributed by atoms with Gasteiger partial charge in [0.2, 0.25) is 5.91 Å². The molecule has 4 nitrogen and oxygen atoms in total. The fourth-order valence-corrected chi connectivity index (χ4v) is 3.06. The average molecular weight is 282 g/mol. The van der Waals surface area contributed by atoms with E-state index in [-0.39, 0.29) is 17.3 Å². The van der Waals surface area contributed by atoms with Gasteiger partial charge in [-0.3, -0.25) is 4.79 Å². The molecule has 2 aliphatic heterocycles. The Morgan fingerprint density at radius 2 is 2.26 bits per heavy atom. The highest BCUT2D eigenvalue weighted by Crippen LogP contribution is 2.36. The van der Waals surface area contributed by atoms with Gasteiger partial charge in [-0.1, -0.05) is 12.1 Å². The lowest BCUT2D eigenvalue weighted by molar-refractivity contribution is -0.130. The zero-order chi connectivity index (χ0) is 13.4. The predicted molar refractivity (Wildman–Crippen MR) is 72.0 cm³/mol. The molecule has 1 saturated heterocycles. The van der Waals surface area contributed by atoms with Crippen LogP contribution in [-0.4, -0.2) is 42.5 Å². The monoisotopic (exact) mass is 281 g/mol. The van der Waals surface area contributed by atoms with Crippen molar-refractivity contribution in [3.63, 3.8) is 0 Å². The van der Waals surface area contributed by atoms with Crippen molar-refractivity contribution < 1.29 is 14.3 Å². The summed E-state index contributed by atoms with van der Waals surface area (Å²) in [5, 5.41) is -0.0702. The average Bonchev–Trinajstić information content (AvgIpc) is 2.76. The second kappa shape index (κ2) is 4.93. The van der Waals surface area contributed by atoms with Gasteiger partial charge in [0.25, 0.3) is 0 Å². The van der Waals surface area contributed by atoms with Gasteiger partial charge < -0.3 is 14.4 Å². The number of rotatable bonds is 2. The number of alkyl halides is 1. The standard InChI is InChI=1S/C14H16ClNO3/c1-18-12-4-2-3-9-5-11(8-19-14(9)12)16-7-10(15)6-13(16)17/h2-4,10-11H,5-8H2,1H3. The molecule has 2 heterocycles. The van der Waals surface area contributed by atoms with Crippen LogP contribution in [0, 0.1) is 0 Å². The fourth-order valence-electron chi connectivity index (χ4n) is 2.78. The van der Waals surface area contributed by atoms with Crippen LogP contribution in [0.3, 0.4) is 0 Å². The molecule has 0 bridgehead atoms. The number of amides is 1. The fraction of sp³-hybridized carbons (Fsp3) is 0.500. The molecule has 0 aromatic heterocycles. The number of hydrogen-bond acceptors (Lipinski definition) is 3. The molecule has 19 heavy (non-hydrogen) atoms. The lowest BCUT2D eigenvalue weighted by Gasteiger charge is -2.32. The van der Waals surface area contributed by atoms with Gasteiger partial charge in [-0.15, -0.1) is 11.6 Å². The molecule has 0 saturated carbocycles. The number of fused-ring (bicyclic) bond motifs is 1. The number of carbonyl (C=O) groups excluding carboxylic acids is 1. The first-order valence-corrected chi connectivity index (χ1v) is 6.85. The number of hydrogen-bond donors (Lipinski definition) is 0. The highest BCUT2D eigenvalue weighted by Gasteiger charge is 2.36. The molecule has 0 spiro atoms. The quantitative estimate of drug-likeness (QED) is 0.777. The third-order valence-corrected chi connectivity index (χ3v) is 4.00. The molecule has 0 N–H and O–H groups in total. The Morgan fingerprint density at radius 3 is 2.95 bits per heavy atom. The van der Waals surface area contributed by atoms with E-state index in [2.05, 4.69) is 0 Å². The molecule has 2 unspecified atom stereocenters. The normalized spacial score (nSPS) is 26.0. The third kappa shape index (κ3) is 2.25. The van der Waals surface area contributed by atoms with Gasteiger partial charge in [0.1, 0.15) is 6.61 Å². The summed E-state index contributed by atoms with van der Waals surface area (Å²) in [6.07, 6.45) is 1.23. The second-order valence-corrected chi connectivity index (χ2v) is 5.58. The summed E-state index contributed by atoms with van der Waals surface area (Å²) in [7, 11) is 1.63. The van der Waals surface area contributed by atoms with Gasteiger partial charge in [-0.2, -0.15) is 0 Å². The number of nitrogens with zero attached hydrogens (tertiary/aromatic N) is 1. The van der Waals surface area contributed by atoms with Crippen molar-refractivity contribution in [1.29, 1.82) is 0 Å². The second-order valence-electron chi connectivity index (χ2n) is 4.96. The molecule has 1 amide bonds. The smallest absolute Gasteiger partial charge is 0.224 e. The summed E-state index contributed by atoms with van der Waals surface area (Å²) in [5.74, 6) is 1.68. The van der Waals surface area contributed by atoms with Crippen molar-refractivity contribution in [2.24, 2.45) is 0 Å². The maximum absolute atomic E-state index is 11.9. The first-order chi connectivity index (χ1) is 9.19. The van der Waals surface area contributed by atoms with Crippen molar-refractivity contribution in [2.75, 3.05) is 20.3 Å². The van der Waals surface area contributed by atoms with E-state index < -0.39 is 0 Å². The minimum Gasteiger partial charge on any atom is -0.493 e. The summed E-state index contributed by atoms with van der Waals surface area (Å²) < 4.78 is 11.1. The number of ether oxygens (including phenoxy) is 2. The van der Waals surface area contributed by atoms with Crippen LogP contribution in [0.15, 0.2) is 18.2 Å².